The summed E-state index contributed by atoms with van der Waals surface area (Å²) in [6.45, 7) is 1.95. The molecule has 1 aromatic rings. The van der Waals surface area contributed by atoms with E-state index in [1.165, 1.54) is 12.5 Å². The number of carbonyl (C=O) groups excluding carboxylic acids is 2. The molecule has 0 aliphatic rings. The van der Waals surface area contributed by atoms with E-state index in [0.717, 1.165) is 0 Å². The van der Waals surface area contributed by atoms with Gasteiger partial charge in [-0.05, 0) is 13.0 Å². The van der Waals surface area contributed by atoms with Crippen LogP contribution in [0.4, 0.5) is 0 Å². The first kappa shape index (κ1) is 9.51. The molecule has 0 N–H and O–H groups in total. The van der Waals surface area contributed by atoms with E-state index in [9.17, 15) is 9.59 Å². The van der Waals surface area contributed by atoms with Gasteiger partial charge in [-0.15, -0.1) is 0 Å². The SMILES string of the molecule is CCOC(=O)C(C=O)c1ccoc1. The van der Waals surface area contributed by atoms with Crippen molar-refractivity contribution in [2.24, 2.45) is 0 Å². The summed E-state index contributed by atoms with van der Waals surface area (Å²) in [6.07, 6.45) is 3.31. The third-order valence-electron chi connectivity index (χ3n) is 1.58. The van der Waals surface area contributed by atoms with Crippen LogP contribution in [-0.4, -0.2) is 18.9 Å². The minimum Gasteiger partial charge on any atom is -0.472 e. The number of rotatable bonds is 4. The van der Waals surface area contributed by atoms with Gasteiger partial charge in [-0.1, -0.05) is 0 Å². The molecule has 0 amide bonds. The van der Waals surface area contributed by atoms with E-state index in [4.69, 9.17) is 9.15 Å². The molecular formula is C9H10O4. The summed E-state index contributed by atoms with van der Waals surface area (Å²) in [5.41, 5.74) is 0.522. The Morgan fingerprint density at radius 2 is 2.54 bits per heavy atom. The zero-order valence-electron chi connectivity index (χ0n) is 7.23. The predicted octanol–water partition coefficient (Wildman–Crippen LogP) is 1.13. The molecule has 70 valence electrons. The highest BCUT2D eigenvalue weighted by Gasteiger charge is 2.21. The van der Waals surface area contributed by atoms with Gasteiger partial charge in [0.2, 0.25) is 0 Å². The number of carbonyl (C=O) groups is 2. The molecule has 4 heteroatoms. The third kappa shape index (κ3) is 2.18. The summed E-state index contributed by atoms with van der Waals surface area (Å²) in [7, 11) is 0. The van der Waals surface area contributed by atoms with Gasteiger partial charge in [-0.25, -0.2) is 0 Å². The fourth-order valence-electron chi connectivity index (χ4n) is 0.954. The van der Waals surface area contributed by atoms with E-state index >= 15 is 0 Å². The van der Waals surface area contributed by atoms with Crippen molar-refractivity contribution in [3.05, 3.63) is 24.2 Å². The van der Waals surface area contributed by atoms with Crippen LogP contribution in [0.25, 0.3) is 0 Å². The lowest BCUT2D eigenvalue weighted by atomic mass is 10.1. The first-order valence-corrected chi connectivity index (χ1v) is 3.93. The molecular weight excluding hydrogens is 172 g/mol. The highest BCUT2D eigenvalue weighted by molar-refractivity contribution is 5.93. The molecule has 0 radical (unpaired) electrons. The molecule has 0 bridgehead atoms. The zero-order valence-corrected chi connectivity index (χ0v) is 7.23. The molecule has 0 aliphatic carbocycles. The van der Waals surface area contributed by atoms with Crippen molar-refractivity contribution in [2.45, 2.75) is 12.8 Å². The Bertz CT molecular complexity index is 276. The van der Waals surface area contributed by atoms with Gasteiger partial charge in [-0.2, -0.15) is 0 Å². The van der Waals surface area contributed by atoms with E-state index in [2.05, 4.69) is 0 Å². The van der Waals surface area contributed by atoms with Crippen molar-refractivity contribution in [2.75, 3.05) is 6.61 Å². The average molecular weight is 182 g/mol. The topological polar surface area (TPSA) is 56.5 Å². The molecule has 1 rings (SSSR count). The predicted molar refractivity (Wildman–Crippen MR) is 44.1 cm³/mol. The van der Waals surface area contributed by atoms with Gasteiger partial charge in [-0.3, -0.25) is 4.79 Å². The van der Waals surface area contributed by atoms with Crippen LogP contribution < -0.4 is 0 Å². The lowest BCUT2D eigenvalue weighted by Crippen LogP contribution is -2.16. The third-order valence-corrected chi connectivity index (χ3v) is 1.58. The van der Waals surface area contributed by atoms with Gasteiger partial charge < -0.3 is 13.9 Å². The highest BCUT2D eigenvalue weighted by atomic mass is 16.5. The zero-order chi connectivity index (χ0) is 9.68. The van der Waals surface area contributed by atoms with Gasteiger partial charge in [0.15, 0.2) is 0 Å². The van der Waals surface area contributed by atoms with Crippen molar-refractivity contribution in [3.8, 4) is 0 Å². The molecule has 0 saturated heterocycles. The Balaban J connectivity index is 2.74. The Hall–Kier alpha value is -1.58. The van der Waals surface area contributed by atoms with Crippen LogP contribution in [0.3, 0.4) is 0 Å². The molecule has 1 aromatic heterocycles. The van der Waals surface area contributed by atoms with Crippen molar-refractivity contribution in [1.82, 2.24) is 0 Å². The van der Waals surface area contributed by atoms with Crippen LogP contribution in [0.5, 0.6) is 0 Å². The van der Waals surface area contributed by atoms with Crippen LogP contribution in [0.2, 0.25) is 0 Å². The standard InChI is InChI=1S/C9H10O4/c1-2-13-9(11)8(5-10)7-3-4-12-6-7/h3-6,8H,2H2,1H3. The van der Waals surface area contributed by atoms with Crippen LogP contribution in [0.15, 0.2) is 23.0 Å². The second-order valence-electron chi connectivity index (χ2n) is 2.42. The maximum atomic E-state index is 11.2. The monoisotopic (exact) mass is 182 g/mol. The first-order chi connectivity index (χ1) is 6.29. The summed E-state index contributed by atoms with van der Waals surface area (Å²) in [5, 5.41) is 0. The summed E-state index contributed by atoms with van der Waals surface area (Å²) in [5.74, 6) is -1.40. The van der Waals surface area contributed by atoms with Gasteiger partial charge in [0.05, 0.1) is 19.1 Å². The molecule has 4 nitrogen and oxygen atoms in total. The Morgan fingerprint density at radius 1 is 1.77 bits per heavy atom. The van der Waals surface area contributed by atoms with Gasteiger partial charge in [0.1, 0.15) is 12.2 Å². The van der Waals surface area contributed by atoms with E-state index in [0.29, 0.717) is 11.8 Å². The van der Waals surface area contributed by atoms with Crippen LogP contribution in [0, 0.1) is 0 Å². The molecule has 1 heterocycles. The number of hydrogen-bond acceptors (Lipinski definition) is 4. The summed E-state index contributed by atoms with van der Waals surface area (Å²) >= 11 is 0. The van der Waals surface area contributed by atoms with Gasteiger partial charge in [0, 0.05) is 5.56 Å². The number of esters is 1. The second-order valence-corrected chi connectivity index (χ2v) is 2.42. The molecule has 0 fully saturated rings. The number of ether oxygens (including phenoxy) is 1. The largest absolute Gasteiger partial charge is 0.472 e. The summed E-state index contributed by atoms with van der Waals surface area (Å²) in [4.78, 5) is 21.8. The maximum Gasteiger partial charge on any atom is 0.320 e. The number of aldehydes is 1. The Morgan fingerprint density at radius 3 is 3.00 bits per heavy atom. The van der Waals surface area contributed by atoms with Crippen molar-refractivity contribution >= 4 is 12.3 Å². The molecule has 0 saturated carbocycles. The molecule has 0 spiro atoms. The molecule has 0 aromatic carbocycles. The Kier molecular flexibility index (Phi) is 3.25. The smallest absolute Gasteiger partial charge is 0.320 e. The van der Waals surface area contributed by atoms with Gasteiger partial charge >= 0.3 is 5.97 Å². The van der Waals surface area contributed by atoms with E-state index in [1.807, 2.05) is 0 Å². The van der Waals surface area contributed by atoms with Crippen LogP contribution in [0.1, 0.15) is 18.4 Å². The Labute approximate surface area is 75.5 Å². The summed E-state index contributed by atoms with van der Waals surface area (Å²) in [6, 6.07) is 1.57. The second kappa shape index (κ2) is 4.45. The fourth-order valence-corrected chi connectivity index (χ4v) is 0.954. The lowest BCUT2D eigenvalue weighted by Gasteiger charge is -2.05. The lowest BCUT2D eigenvalue weighted by molar-refractivity contribution is -0.146. The van der Waals surface area contributed by atoms with E-state index in [-0.39, 0.29) is 6.61 Å². The molecule has 1 atom stereocenters. The van der Waals surface area contributed by atoms with E-state index < -0.39 is 11.9 Å². The quantitative estimate of drug-likeness (QED) is 0.398. The van der Waals surface area contributed by atoms with Crippen molar-refractivity contribution in [1.29, 1.82) is 0 Å². The normalized spacial score (nSPS) is 12.1. The highest BCUT2D eigenvalue weighted by Crippen LogP contribution is 2.15. The van der Waals surface area contributed by atoms with Crippen molar-refractivity contribution in [3.63, 3.8) is 0 Å². The number of hydrogen-bond donors (Lipinski definition) is 0. The summed E-state index contributed by atoms with van der Waals surface area (Å²) < 4.78 is 9.47. The van der Waals surface area contributed by atoms with Crippen LogP contribution >= 0.6 is 0 Å². The van der Waals surface area contributed by atoms with Crippen LogP contribution in [-0.2, 0) is 14.3 Å². The molecule has 1 unspecified atom stereocenters. The minimum absolute atomic E-state index is 0.265. The minimum atomic E-state index is -0.862. The average Bonchev–Trinajstić information content (AvgIpc) is 2.59. The number of furan rings is 1. The maximum absolute atomic E-state index is 11.2. The van der Waals surface area contributed by atoms with Gasteiger partial charge in [0.25, 0.3) is 0 Å². The molecule has 13 heavy (non-hydrogen) atoms. The fraction of sp³-hybridized carbons (Fsp3) is 0.333. The van der Waals surface area contributed by atoms with Crippen molar-refractivity contribution < 1.29 is 18.7 Å². The molecule has 0 aliphatic heterocycles. The first-order valence-electron chi connectivity index (χ1n) is 3.93. The van der Waals surface area contributed by atoms with E-state index in [1.54, 1.807) is 13.0 Å².